The van der Waals surface area contributed by atoms with Gasteiger partial charge < -0.3 is 5.32 Å². The van der Waals surface area contributed by atoms with Crippen LogP contribution < -0.4 is 5.32 Å². The van der Waals surface area contributed by atoms with Crippen molar-refractivity contribution in [3.8, 4) is 10.6 Å². The van der Waals surface area contributed by atoms with Gasteiger partial charge in [0.15, 0.2) is 0 Å². The van der Waals surface area contributed by atoms with Gasteiger partial charge in [-0.2, -0.15) is 5.10 Å². The van der Waals surface area contributed by atoms with Crippen molar-refractivity contribution in [2.45, 2.75) is 13.8 Å². The van der Waals surface area contributed by atoms with Gasteiger partial charge in [0, 0.05) is 35.3 Å². The molecule has 0 fully saturated rings. The highest BCUT2D eigenvalue weighted by Gasteiger charge is 2.11. The number of hydrogen-bond acceptors (Lipinski definition) is 4. The molecule has 1 N–H and O–H groups in total. The van der Waals surface area contributed by atoms with E-state index in [1.165, 1.54) is 0 Å². The van der Waals surface area contributed by atoms with E-state index >= 15 is 0 Å². The second-order valence-electron chi connectivity index (χ2n) is 5.12. The van der Waals surface area contributed by atoms with Crippen LogP contribution in [0.1, 0.15) is 21.7 Å². The number of anilines is 1. The highest BCUT2D eigenvalue weighted by Crippen LogP contribution is 2.24. The van der Waals surface area contributed by atoms with Crippen molar-refractivity contribution in [1.29, 1.82) is 0 Å². The molecule has 6 heteroatoms. The van der Waals surface area contributed by atoms with Gasteiger partial charge in [0.1, 0.15) is 10.8 Å². The molecule has 22 heavy (non-hydrogen) atoms. The standard InChI is InChI=1S/C16H16N4OS/c1-10-7-14(20(3)19-10)18-15(21)12-5-4-6-13(8-12)16-17-11(2)9-22-16/h4-9H,1-3H3,(H,18,21). The monoisotopic (exact) mass is 312 g/mol. The molecule has 0 aliphatic carbocycles. The Morgan fingerprint density at radius 2 is 2.05 bits per heavy atom. The van der Waals surface area contributed by atoms with E-state index in [-0.39, 0.29) is 5.91 Å². The highest BCUT2D eigenvalue weighted by molar-refractivity contribution is 7.13. The lowest BCUT2D eigenvalue weighted by Crippen LogP contribution is -2.14. The van der Waals surface area contributed by atoms with Crippen molar-refractivity contribution >= 4 is 23.1 Å². The Hall–Kier alpha value is -2.47. The molecule has 0 spiro atoms. The number of benzene rings is 1. The van der Waals surface area contributed by atoms with Crippen molar-refractivity contribution in [2.24, 2.45) is 7.05 Å². The van der Waals surface area contributed by atoms with Crippen LogP contribution in [0.15, 0.2) is 35.7 Å². The summed E-state index contributed by atoms with van der Waals surface area (Å²) in [6, 6.07) is 9.32. The molecule has 5 nitrogen and oxygen atoms in total. The predicted molar refractivity (Wildman–Crippen MR) is 88.2 cm³/mol. The number of aryl methyl sites for hydroxylation is 3. The van der Waals surface area contributed by atoms with E-state index in [1.807, 2.05) is 43.5 Å². The van der Waals surface area contributed by atoms with E-state index < -0.39 is 0 Å². The first-order valence-electron chi connectivity index (χ1n) is 6.87. The predicted octanol–water partition coefficient (Wildman–Crippen LogP) is 3.41. The van der Waals surface area contributed by atoms with Crippen LogP contribution in [0.3, 0.4) is 0 Å². The van der Waals surface area contributed by atoms with E-state index in [9.17, 15) is 4.79 Å². The Bertz CT molecular complexity index is 834. The first kappa shape index (κ1) is 14.5. The second kappa shape index (κ2) is 5.73. The number of nitrogens with zero attached hydrogens (tertiary/aromatic N) is 3. The van der Waals surface area contributed by atoms with E-state index in [1.54, 1.807) is 29.1 Å². The molecule has 0 unspecified atom stereocenters. The molecule has 112 valence electrons. The maximum atomic E-state index is 12.4. The second-order valence-corrected chi connectivity index (χ2v) is 5.98. The van der Waals surface area contributed by atoms with Crippen LogP contribution in [0.4, 0.5) is 5.82 Å². The Labute approximate surface area is 132 Å². The zero-order valence-corrected chi connectivity index (χ0v) is 13.4. The Kier molecular flexibility index (Phi) is 3.77. The number of amides is 1. The van der Waals surface area contributed by atoms with Crippen LogP contribution >= 0.6 is 11.3 Å². The lowest BCUT2D eigenvalue weighted by molar-refractivity contribution is 0.102. The maximum Gasteiger partial charge on any atom is 0.256 e. The van der Waals surface area contributed by atoms with Crippen molar-refractivity contribution in [3.05, 3.63) is 52.7 Å². The third-order valence-corrected chi connectivity index (χ3v) is 4.24. The summed E-state index contributed by atoms with van der Waals surface area (Å²) in [5, 5.41) is 10.0. The van der Waals surface area contributed by atoms with E-state index in [2.05, 4.69) is 15.4 Å². The molecule has 0 aliphatic heterocycles. The fraction of sp³-hybridized carbons (Fsp3) is 0.188. The van der Waals surface area contributed by atoms with Gasteiger partial charge in [-0.15, -0.1) is 11.3 Å². The zero-order valence-electron chi connectivity index (χ0n) is 12.6. The van der Waals surface area contributed by atoms with Crippen molar-refractivity contribution in [3.63, 3.8) is 0 Å². The highest BCUT2D eigenvalue weighted by atomic mass is 32.1. The minimum atomic E-state index is -0.155. The summed E-state index contributed by atoms with van der Waals surface area (Å²) in [5.74, 6) is 0.524. The number of carbonyl (C=O) groups is 1. The number of carbonyl (C=O) groups excluding carboxylic acids is 1. The largest absolute Gasteiger partial charge is 0.307 e. The number of nitrogens with one attached hydrogen (secondary N) is 1. The van der Waals surface area contributed by atoms with Crippen molar-refractivity contribution < 1.29 is 4.79 Å². The molecule has 0 saturated heterocycles. The van der Waals surface area contributed by atoms with Crippen molar-refractivity contribution in [1.82, 2.24) is 14.8 Å². The molecule has 0 bridgehead atoms. The van der Waals surface area contributed by atoms with Crippen LogP contribution in [0.5, 0.6) is 0 Å². The fourth-order valence-corrected chi connectivity index (χ4v) is 2.99. The molecule has 0 radical (unpaired) electrons. The van der Waals surface area contributed by atoms with E-state index in [4.69, 9.17) is 0 Å². The zero-order chi connectivity index (χ0) is 15.7. The number of hydrogen-bond donors (Lipinski definition) is 1. The molecule has 1 amide bonds. The Balaban J connectivity index is 1.85. The molecule has 2 heterocycles. The molecule has 3 rings (SSSR count). The third-order valence-electron chi connectivity index (χ3n) is 3.23. The van der Waals surface area contributed by atoms with Gasteiger partial charge in [0.25, 0.3) is 5.91 Å². The van der Waals surface area contributed by atoms with Gasteiger partial charge in [-0.1, -0.05) is 12.1 Å². The molecule has 3 aromatic rings. The number of thiazole rings is 1. The molecule has 0 aliphatic rings. The van der Waals surface area contributed by atoms with Gasteiger partial charge in [-0.05, 0) is 26.0 Å². The Morgan fingerprint density at radius 3 is 2.68 bits per heavy atom. The third kappa shape index (κ3) is 2.92. The van der Waals surface area contributed by atoms with Crippen LogP contribution in [0.2, 0.25) is 0 Å². The average Bonchev–Trinajstić information content (AvgIpc) is 3.05. The van der Waals surface area contributed by atoms with E-state index in [0.29, 0.717) is 11.4 Å². The van der Waals surface area contributed by atoms with Crippen LogP contribution in [0.25, 0.3) is 10.6 Å². The lowest BCUT2D eigenvalue weighted by Gasteiger charge is -2.06. The van der Waals surface area contributed by atoms with Gasteiger partial charge in [-0.3, -0.25) is 9.48 Å². The minimum Gasteiger partial charge on any atom is -0.307 e. The molecule has 0 atom stereocenters. The first-order chi connectivity index (χ1) is 10.5. The van der Waals surface area contributed by atoms with Gasteiger partial charge in [0.05, 0.1) is 5.69 Å². The maximum absolute atomic E-state index is 12.4. The first-order valence-corrected chi connectivity index (χ1v) is 7.75. The molecule has 0 saturated carbocycles. The van der Waals surface area contributed by atoms with Crippen LogP contribution in [-0.2, 0) is 7.05 Å². The minimum absolute atomic E-state index is 0.155. The lowest BCUT2D eigenvalue weighted by atomic mass is 10.1. The summed E-state index contributed by atoms with van der Waals surface area (Å²) in [6.07, 6.45) is 0. The molecule has 2 aromatic heterocycles. The van der Waals surface area contributed by atoms with Gasteiger partial charge in [-0.25, -0.2) is 4.98 Å². The van der Waals surface area contributed by atoms with Crippen LogP contribution in [-0.4, -0.2) is 20.7 Å². The number of aromatic nitrogens is 3. The van der Waals surface area contributed by atoms with Gasteiger partial charge >= 0.3 is 0 Å². The molecule has 1 aromatic carbocycles. The topological polar surface area (TPSA) is 59.8 Å². The summed E-state index contributed by atoms with van der Waals surface area (Å²) >= 11 is 1.58. The normalized spacial score (nSPS) is 10.7. The van der Waals surface area contributed by atoms with Crippen molar-refractivity contribution in [2.75, 3.05) is 5.32 Å². The summed E-state index contributed by atoms with van der Waals surface area (Å²) in [5.41, 5.74) is 3.40. The fourth-order valence-electron chi connectivity index (χ4n) is 2.20. The summed E-state index contributed by atoms with van der Waals surface area (Å²) in [4.78, 5) is 16.9. The Morgan fingerprint density at radius 1 is 1.23 bits per heavy atom. The molecular formula is C16H16N4OS. The van der Waals surface area contributed by atoms with E-state index in [0.717, 1.165) is 22.0 Å². The quantitative estimate of drug-likeness (QED) is 0.806. The van der Waals surface area contributed by atoms with Gasteiger partial charge in [0.2, 0.25) is 0 Å². The smallest absolute Gasteiger partial charge is 0.256 e. The van der Waals surface area contributed by atoms with Crippen LogP contribution in [0, 0.1) is 13.8 Å². The average molecular weight is 312 g/mol. The SMILES string of the molecule is Cc1csc(-c2cccc(C(=O)Nc3cc(C)nn3C)c2)n1. The summed E-state index contributed by atoms with van der Waals surface area (Å²) in [7, 11) is 1.80. The molecular weight excluding hydrogens is 296 g/mol. The summed E-state index contributed by atoms with van der Waals surface area (Å²) in [6.45, 7) is 3.85. The summed E-state index contributed by atoms with van der Waals surface area (Å²) < 4.78 is 1.65. The number of rotatable bonds is 3.